The van der Waals surface area contributed by atoms with Crippen molar-refractivity contribution in [3.63, 3.8) is 0 Å². The van der Waals surface area contributed by atoms with Gasteiger partial charge in [0.15, 0.2) is 5.52 Å². The Morgan fingerprint density at radius 2 is 2.04 bits per heavy atom. The molecule has 0 N–H and O–H groups in total. The molecule has 0 amide bonds. The van der Waals surface area contributed by atoms with Crippen LogP contribution in [0.2, 0.25) is 0 Å². The van der Waals surface area contributed by atoms with Crippen LogP contribution in [0.3, 0.4) is 0 Å². The zero-order valence-corrected chi connectivity index (χ0v) is 13.2. The van der Waals surface area contributed by atoms with Crippen LogP contribution < -0.4 is 10.5 Å². The van der Waals surface area contributed by atoms with Gasteiger partial charge in [0.1, 0.15) is 0 Å². The minimum atomic E-state index is -0.112. The second kappa shape index (κ2) is 5.19. The van der Waals surface area contributed by atoms with Gasteiger partial charge in [-0.1, -0.05) is 24.3 Å². The largest absolute Gasteiger partial charge is 0.363 e. The first-order valence-corrected chi connectivity index (χ1v) is 7.81. The Morgan fingerprint density at radius 3 is 2.91 bits per heavy atom. The van der Waals surface area contributed by atoms with Crippen LogP contribution in [0.15, 0.2) is 47.7 Å². The summed E-state index contributed by atoms with van der Waals surface area (Å²) in [4.78, 5) is 23.1. The molecule has 0 spiro atoms. The number of anilines is 1. The van der Waals surface area contributed by atoms with E-state index in [0.717, 1.165) is 18.7 Å². The summed E-state index contributed by atoms with van der Waals surface area (Å²) in [6.45, 7) is 3.15. The molecule has 5 heteroatoms. The van der Waals surface area contributed by atoms with Crippen LogP contribution in [-0.4, -0.2) is 21.1 Å². The van der Waals surface area contributed by atoms with Crippen LogP contribution in [0.1, 0.15) is 24.1 Å². The summed E-state index contributed by atoms with van der Waals surface area (Å²) in [5, 5.41) is 0. The number of rotatable bonds is 1. The van der Waals surface area contributed by atoms with E-state index < -0.39 is 0 Å². The number of pyridine rings is 1. The highest BCUT2D eigenvalue weighted by atomic mass is 16.1. The summed E-state index contributed by atoms with van der Waals surface area (Å²) in [6.07, 6.45) is 4.35. The molecule has 1 aliphatic rings. The maximum Gasteiger partial charge on any atom is 0.279 e. The molecule has 116 valence electrons. The van der Waals surface area contributed by atoms with E-state index in [1.54, 1.807) is 19.6 Å². The van der Waals surface area contributed by atoms with Crippen molar-refractivity contribution >= 4 is 16.7 Å². The van der Waals surface area contributed by atoms with E-state index in [4.69, 9.17) is 0 Å². The molecule has 1 unspecified atom stereocenters. The normalized spacial score (nSPS) is 17.3. The van der Waals surface area contributed by atoms with Crippen LogP contribution in [0.4, 0.5) is 5.69 Å². The number of hydrogen-bond donors (Lipinski definition) is 0. The fourth-order valence-electron chi connectivity index (χ4n) is 3.36. The van der Waals surface area contributed by atoms with Crippen LogP contribution in [0.25, 0.3) is 11.0 Å². The molecule has 2 aromatic heterocycles. The van der Waals surface area contributed by atoms with Gasteiger partial charge in [-0.05, 0) is 30.5 Å². The smallest absolute Gasteiger partial charge is 0.279 e. The Morgan fingerprint density at radius 1 is 1.22 bits per heavy atom. The van der Waals surface area contributed by atoms with Gasteiger partial charge in [-0.2, -0.15) is 0 Å². The Balaban J connectivity index is 1.78. The first-order valence-electron chi connectivity index (χ1n) is 7.81. The summed E-state index contributed by atoms with van der Waals surface area (Å²) in [6, 6.07) is 10.8. The van der Waals surface area contributed by atoms with E-state index >= 15 is 0 Å². The molecule has 0 fully saturated rings. The molecule has 0 radical (unpaired) electrons. The minimum Gasteiger partial charge on any atom is -0.363 e. The third-order valence-electron chi connectivity index (χ3n) is 4.67. The van der Waals surface area contributed by atoms with Gasteiger partial charge in [0.2, 0.25) is 0 Å². The Labute approximate surface area is 134 Å². The molecule has 1 atom stereocenters. The molecule has 3 aromatic rings. The van der Waals surface area contributed by atoms with E-state index in [9.17, 15) is 4.79 Å². The van der Waals surface area contributed by atoms with E-state index in [1.807, 2.05) is 6.07 Å². The van der Waals surface area contributed by atoms with Gasteiger partial charge in [-0.3, -0.25) is 4.79 Å². The van der Waals surface area contributed by atoms with Gasteiger partial charge < -0.3 is 9.47 Å². The maximum absolute atomic E-state index is 12.1. The SMILES string of the molecule is CC1c2ccccc2CCN1c1cnc2c(=O)n(C)cnc2c1. The number of nitrogens with zero attached hydrogens (tertiary/aromatic N) is 4. The number of hydrogen-bond acceptors (Lipinski definition) is 4. The predicted octanol–water partition coefficient (Wildman–Crippen LogP) is 2.45. The lowest BCUT2D eigenvalue weighted by Crippen LogP contribution is -2.34. The van der Waals surface area contributed by atoms with Crippen molar-refractivity contribution < 1.29 is 0 Å². The van der Waals surface area contributed by atoms with E-state index in [0.29, 0.717) is 11.0 Å². The van der Waals surface area contributed by atoms with Gasteiger partial charge in [0.25, 0.3) is 5.56 Å². The molecule has 0 bridgehead atoms. The highest BCUT2D eigenvalue weighted by Crippen LogP contribution is 2.33. The number of fused-ring (bicyclic) bond motifs is 2. The highest BCUT2D eigenvalue weighted by molar-refractivity contribution is 5.77. The molecule has 0 aliphatic carbocycles. The zero-order valence-electron chi connectivity index (χ0n) is 13.2. The maximum atomic E-state index is 12.1. The Kier molecular flexibility index (Phi) is 3.15. The molecule has 0 saturated heterocycles. The fraction of sp³-hybridized carbons (Fsp3) is 0.278. The average molecular weight is 306 g/mol. The van der Waals surface area contributed by atoms with Gasteiger partial charge in [0, 0.05) is 13.6 Å². The van der Waals surface area contributed by atoms with Crippen molar-refractivity contribution in [2.24, 2.45) is 7.05 Å². The number of aryl methyl sites for hydroxylation is 1. The van der Waals surface area contributed by atoms with Crippen LogP contribution in [0, 0.1) is 0 Å². The Hall–Kier alpha value is -2.69. The summed E-state index contributed by atoms with van der Waals surface area (Å²) in [5.41, 5.74) is 4.74. The molecule has 1 aromatic carbocycles. The quantitative estimate of drug-likeness (QED) is 0.693. The molecule has 5 nitrogen and oxygen atoms in total. The van der Waals surface area contributed by atoms with Crippen LogP contribution in [0.5, 0.6) is 0 Å². The Bertz CT molecular complexity index is 947. The van der Waals surface area contributed by atoms with Crippen molar-refractivity contribution in [2.75, 3.05) is 11.4 Å². The number of benzene rings is 1. The van der Waals surface area contributed by atoms with Crippen LogP contribution >= 0.6 is 0 Å². The van der Waals surface area contributed by atoms with E-state index in [-0.39, 0.29) is 11.6 Å². The molecular formula is C18H18N4O. The number of aromatic nitrogens is 3. The summed E-state index contributed by atoms with van der Waals surface area (Å²) in [7, 11) is 1.69. The lowest BCUT2D eigenvalue weighted by atomic mass is 9.93. The van der Waals surface area contributed by atoms with Crippen LogP contribution in [-0.2, 0) is 13.5 Å². The minimum absolute atomic E-state index is 0.112. The predicted molar refractivity (Wildman–Crippen MR) is 90.7 cm³/mol. The van der Waals surface area contributed by atoms with Gasteiger partial charge >= 0.3 is 0 Å². The first-order chi connectivity index (χ1) is 11.1. The third-order valence-corrected chi connectivity index (χ3v) is 4.67. The lowest BCUT2D eigenvalue weighted by Gasteiger charge is -2.36. The average Bonchev–Trinajstić information content (AvgIpc) is 2.59. The first kappa shape index (κ1) is 13.9. The standard InChI is InChI=1S/C18H18N4O/c1-12-15-6-4-3-5-13(15)7-8-22(12)14-9-16-17(19-10-14)18(23)21(2)11-20-16/h3-6,9-12H,7-8H2,1-2H3. The molecule has 23 heavy (non-hydrogen) atoms. The van der Waals surface area contributed by atoms with E-state index in [1.165, 1.54) is 15.7 Å². The molecule has 4 rings (SSSR count). The summed E-state index contributed by atoms with van der Waals surface area (Å²) in [5.74, 6) is 0. The fourth-order valence-corrected chi connectivity index (χ4v) is 3.36. The second-order valence-electron chi connectivity index (χ2n) is 6.04. The van der Waals surface area contributed by atoms with Gasteiger partial charge in [0.05, 0.1) is 29.8 Å². The topological polar surface area (TPSA) is 51.0 Å². The van der Waals surface area contributed by atoms with E-state index in [2.05, 4.69) is 46.1 Å². The zero-order chi connectivity index (χ0) is 16.0. The molecular weight excluding hydrogens is 288 g/mol. The van der Waals surface area contributed by atoms with Crippen molar-refractivity contribution in [1.29, 1.82) is 0 Å². The van der Waals surface area contributed by atoms with Crippen molar-refractivity contribution in [2.45, 2.75) is 19.4 Å². The lowest BCUT2D eigenvalue weighted by molar-refractivity contribution is 0.624. The second-order valence-corrected chi connectivity index (χ2v) is 6.04. The van der Waals surface area contributed by atoms with Gasteiger partial charge in [-0.15, -0.1) is 0 Å². The molecule has 0 saturated carbocycles. The molecule has 1 aliphatic heterocycles. The summed E-state index contributed by atoms with van der Waals surface area (Å²) >= 11 is 0. The van der Waals surface area contributed by atoms with Crippen molar-refractivity contribution in [3.05, 3.63) is 64.3 Å². The monoisotopic (exact) mass is 306 g/mol. The highest BCUT2D eigenvalue weighted by Gasteiger charge is 2.24. The third kappa shape index (κ3) is 2.20. The van der Waals surface area contributed by atoms with Crippen molar-refractivity contribution in [3.8, 4) is 0 Å². The van der Waals surface area contributed by atoms with Crippen molar-refractivity contribution in [1.82, 2.24) is 14.5 Å². The summed E-state index contributed by atoms with van der Waals surface area (Å²) < 4.78 is 1.45. The van der Waals surface area contributed by atoms with Gasteiger partial charge in [-0.25, -0.2) is 9.97 Å². The molecule has 3 heterocycles.